The van der Waals surface area contributed by atoms with Crippen molar-refractivity contribution in [1.82, 2.24) is 10.3 Å². The van der Waals surface area contributed by atoms with Gasteiger partial charge in [-0.25, -0.2) is 4.98 Å². The van der Waals surface area contributed by atoms with Gasteiger partial charge in [-0.1, -0.05) is 0 Å². The van der Waals surface area contributed by atoms with E-state index < -0.39 is 4.92 Å². The van der Waals surface area contributed by atoms with Gasteiger partial charge in [-0.05, 0) is 30.3 Å². The minimum atomic E-state index is -0.572. The van der Waals surface area contributed by atoms with Crippen LogP contribution < -0.4 is 5.32 Å². The van der Waals surface area contributed by atoms with Gasteiger partial charge < -0.3 is 15.4 Å². The van der Waals surface area contributed by atoms with Crippen molar-refractivity contribution in [3.8, 4) is 0 Å². The molecule has 6 nitrogen and oxygen atoms in total. The first-order chi connectivity index (χ1) is 8.06. The number of hydrogen-bond acceptors (Lipinski definition) is 3. The number of nitro groups is 1. The molecule has 0 spiro atoms. The maximum Gasteiger partial charge on any atom is 0.321 e. The lowest BCUT2D eigenvalue weighted by Crippen LogP contribution is -2.55. The Labute approximate surface area is 102 Å². The van der Waals surface area contributed by atoms with E-state index in [1.165, 1.54) is 12.1 Å². The number of amides is 1. The van der Waals surface area contributed by atoms with Crippen LogP contribution in [0.5, 0.6) is 0 Å². The Hall–Kier alpha value is -1.56. The molecule has 1 aliphatic rings. The first kappa shape index (κ1) is 11.9. The van der Waals surface area contributed by atoms with Crippen LogP contribution in [0.3, 0.4) is 0 Å². The maximum atomic E-state index is 11.8. The normalized spacial score (nSPS) is 17.2. The number of carbonyl (C=O) groups is 1. The third-order valence-electron chi connectivity index (χ3n) is 3.06. The number of nitrogens with zero attached hydrogens (tertiary/aromatic N) is 1. The third-order valence-corrected chi connectivity index (χ3v) is 3.57. The summed E-state index contributed by atoms with van der Waals surface area (Å²) in [6, 6.07) is 2.66. The van der Waals surface area contributed by atoms with Gasteiger partial charge in [0, 0.05) is 11.9 Å². The Morgan fingerprint density at radius 3 is 2.71 bits per heavy atom. The number of H-pyrrole nitrogens is 1. The van der Waals surface area contributed by atoms with Crippen molar-refractivity contribution in [3.63, 3.8) is 0 Å². The first-order valence-corrected chi connectivity index (χ1v) is 5.82. The number of alkyl halides is 1. The number of nitrogens with one attached hydrogen (secondary N) is 2. The summed E-state index contributed by atoms with van der Waals surface area (Å²) in [4.78, 5) is 24.2. The van der Waals surface area contributed by atoms with Gasteiger partial charge in [-0.2, -0.15) is 0 Å². The Balaban J connectivity index is 2.06. The molecule has 0 atom stereocenters. The van der Waals surface area contributed by atoms with E-state index in [1.807, 2.05) is 0 Å². The number of halogens is 1. The van der Waals surface area contributed by atoms with Crippen molar-refractivity contribution in [2.75, 3.05) is 5.88 Å². The molecule has 0 aromatic carbocycles. The van der Waals surface area contributed by atoms with Crippen molar-refractivity contribution >= 4 is 23.3 Å². The van der Waals surface area contributed by atoms with Gasteiger partial charge in [0.15, 0.2) is 5.69 Å². The minimum Gasteiger partial charge on any atom is -0.358 e. The van der Waals surface area contributed by atoms with Crippen LogP contribution in [0.25, 0.3) is 0 Å². The molecule has 1 amide bonds. The average molecular weight is 258 g/mol. The summed E-state index contributed by atoms with van der Waals surface area (Å²) in [5.41, 5.74) is -0.147. The summed E-state index contributed by atoms with van der Waals surface area (Å²) in [6.45, 7) is 0. The largest absolute Gasteiger partial charge is 0.358 e. The minimum absolute atomic E-state index is 0.188. The summed E-state index contributed by atoms with van der Waals surface area (Å²) >= 11 is 5.81. The van der Waals surface area contributed by atoms with Crippen molar-refractivity contribution in [2.45, 2.75) is 24.8 Å². The molecule has 1 aromatic heterocycles. The van der Waals surface area contributed by atoms with Gasteiger partial charge in [0.2, 0.25) is 0 Å². The van der Waals surface area contributed by atoms with Crippen LogP contribution in [-0.4, -0.2) is 27.2 Å². The molecule has 0 unspecified atom stereocenters. The fourth-order valence-corrected chi connectivity index (χ4v) is 2.16. The molecule has 0 radical (unpaired) electrons. The molecule has 0 saturated heterocycles. The monoisotopic (exact) mass is 257 g/mol. The second-order valence-corrected chi connectivity index (χ2v) is 4.50. The zero-order chi connectivity index (χ0) is 12.5. The topological polar surface area (TPSA) is 88.0 Å². The van der Waals surface area contributed by atoms with Crippen LogP contribution in [0.15, 0.2) is 12.1 Å². The lowest BCUT2D eigenvalue weighted by Gasteiger charge is -2.40. The number of aromatic nitrogens is 1. The summed E-state index contributed by atoms with van der Waals surface area (Å²) in [6.07, 6.45) is 2.74. The molecular weight excluding hydrogens is 246 g/mol. The van der Waals surface area contributed by atoms with E-state index in [0.29, 0.717) is 5.88 Å². The highest BCUT2D eigenvalue weighted by Gasteiger charge is 2.38. The van der Waals surface area contributed by atoms with E-state index in [-0.39, 0.29) is 23.0 Å². The second kappa shape index (κ2) is 4.37. The van der Waals surface area contributed by atoms with Gasteiger partial charge in [0.05, 0.1) is 5.54 Å². The third kappa shape index (κ3) is 2.26. The molecule has 0 bridgehead atoms. The van der Waals surface area contributed by atoms with E-state index in [9.17, 15) is 14.9 Å². The van der Waals surface area contributed by atoms with Crippen molar-refractivity contribution < 1.29 is 9.72 Å². The Bertz CT molecular complexity index is 448. The molecule has 0 aliphatic heterocycles. The zero-order valence-corrected chi connectivity index (χ0v) is 9.79. The van der Waals surface area contributed by atoms with Crippen molar-refractivity contribution in [3.05, 3.63) is 27.9 Å². The molecule has 1 aromatic rings. The number of hydrogen-bond donors (Lipinski definition) is 2. The van der Waals surface area contributed by atoms with E-state index in [4.69, 9.17) is 11.6 Å². The van der Waals surface area contributed by atoms with Crippen LogP contribution in [0.1, 0.15) is 29.8 Å². The van der Waals surface area contributed by atoms with Gasteiger partial charge in [-0.3, -0.25) is 4.79 Å². The summed E-state index contributed by atoms with van der Waals surface area (Å²) in [5.74, 6) is -0.177. The van der Waals surface area contributed by atoms with Crippen LogP contribution in [0, 0.1) is 10.1 Å². The van der Waals surface area contributed by atoms with Gasteiger partial charge in [0.1, 0.15) is 0 Å². The van der Waals surface area contributed by atoms with E-state index in [0.717, 1.165) is 19.3 Å². The van der Waals surface area contributed by atoms with Gasteiger partial charge >= 0.3 is 5.82 Å². The number of carbonyl (C=O) groups excluding carboxylic acids is 1. The van der Waals surface area contributed by atoms with Crippen LogP contribution in [0.4, 0.5) is 5.82 Å². The summed E-state index contributed by atoms with van der Waals surface area (Å²) in [5, 5.41) is 13.3. The highest BCUT2D eigenvalue weighted by molar-refractivity contribution is 6.19. The Kier molecular flexibility index (Phi) is 3.06. The lowest BCUT2D eigenvalue weighted by molar-refractivity contribution is -0.389. The molecule has 7 heteroatoms. The fraction of sp³-hybridized carbons (Fsp3) is 0.500. The SMILES string of the molecule is O=C(NC1(CCl)CCC1)c1ccc([N+](=O)[O-])[nH]1. The maximum absolute atomic E-state index is 11.8. The highest BCUT2D eigenvalue weighted by Crippen LogP contribution is 2.33. The molecule has 92 valence electrons. The molecule has 2 N–H and O–H groups in total. The van der Waals surface area contributed by atoms with Crippen LogP contribution in [0.2, 0.25) is 0 Å². The smallest absolute Gasteiger partial charge is 0.321 e. The van der Waals surface area contributed by atoms with E-state index in [1.54, 1.807) is 0 Å². The number of rotatable bonds is 4. The molecular formula is C10H12ClN3O3. The van der Waals surface area contributed by atoms with E-state index >= 15 is 0 Å². The summed E-state index contributed by atoms with van der Waals surface area (Å²) < 4.78 is 0. The summed E-state index contributed by atoms with van der Waals surface area (Å²) in [7, 11) is 0. The van der Waals surface area contributed by atoms with E-state index in [2.05, 4.69) is 10.3 Å². The van der Waals surface area contributed by atoms with Crippen molar-refractivity contribution in [1.29, 1.82) is 0 Å². The first-order valence-electron chi connectivity index (χ1n) is 5.28. The predicted molar refractivity (Wildman–Crippen MR) is 62.2 cm³/mol. The molecule has 1 aliphatic carbocycles. The fourth-order valence-electron chi connectivity index (χ4n) is 1.83. The van der Waals surface area contributed by atoms with Gasteiger partial charge in [-0.15, -0.1) is 11.6 Å². The molecule has 2 rings (SSSR count). The lowest BCUT2D eigenvalue weighted by atomic mass is 9.78. The number of aromatic amines is 1. The zero-order valence-electron chi connectivity index (χ0n) is 9.03. The quantitative estimate of drug-likeness (QED) is 0.490. The Morgan fingerprint density at radius 2 is 2.29 bits per heavy atom. The predicted octanol–water partition coefficient (Wildman–Crippen LogP) is 1.81. The molecule has 17 heavy (non-hydrogen) atoms. The second-order valence-electron chi connectivity index (χ2n) is 4.24. The Morgan fingerprint density at radius 1 is 1.59 bits per heavy atom. The van der Waals surface area contributed by atoms with Crippen LogP contribution >= 0.6 is 11.6 Å². The van der Waals surface area contributed by atoms with Gasteiger partial charge in [0.25, 0.3) is 5.91 Å². The van der Waals surface area contributed by atoms with Crippen LogP contribution in [-0.2, 0) is 0 Å². The van der Waals surface area contributed by atoms with Crippen molar-refractivity contribution in [2.24, 2.45) is 0 Å². The standard InChI is InChI=1S/C10H12ClN3O3/c11-6-10(4-1-5-10)13-9(15)7-2-3-8(12-7)14(16)17/h2-3,12H,1,4-6H2,(H,13,15). The molecule has 1 heterocycles. The molecule has 1 fully saturated rings. The molecule has 1 saturated carbocycles. The highest BCUT2D eigenvalue weighted by atomic mass is 35.5. The average Bonchev–Trinajstić information content (AvgIpc) is 2.72.